The molecular weight excluding hydrogens is 258 g/mol. The number of primary amides is 1. The molecule has 0 radical (unpaired) electrons. The van der Waals surface area contributed by atoms with Crippen LogP contribution in [0.1, 0.15) is 19.4 Å². The molecule has 2 atom stereocenters. The second-order valence-electron chi connectivity index (χ2n) is 4.87. The summed E-state index contributed by atoms with van der Waals surface area (Å²) in [6.07, 6.45) is 0.504. The summed E-state index contributed by atoms with van der Waals surface area (Å²) in [7, 11) is 1.59. The largest absolute Gasteiger partial charge is 0.497 e. The van der Waals surface area contributed by atoms with E-state index in [0.717, 1.165) is 11.3 Å². The normalized spacial score (nSPS) is 15.0. The molecule has 5 N–H and O–H groups in total. The molecular formula is C14H21N3O3. The predicted molar refractivity (Wildman–Crippen MR) is 75.8 cm³/mol. The van der Waals surface area contributed by atoms with Crippen molar-refractivity contribution in [3.63, 3.8) is 0 Å². The van der Waals surface area contributed by atoms with Gasteiger partial charge >= 0.3 is 0 Å². The van der Waals surface area contributed by atoms with E-state index in [1.54, 1.807) is 14.0 Å². The van der Waals surface area contributed by atoms with Gasteiger partial charge in [-0.1, -0.05) is 19.1 Å². The fourth-order valence-electron chi connectivity index (χ4n) is 2.00. The molecule has 1 aromatic rings. The summed E-state index contributed by atoms with van der Waals surface area (Å²) >= 11 is 0. The van der Waals surface area contributed by atoms with Gasteiger partial charge in [0.15, 0.2) is 5.66 Å². The molecule has 0 heterocycles. The van der Waals surface area contributed by atoms with E-state index in [9.17, 15) is 9.59 Å². The molecule has 2 unspecified atom stereocenters. The third-order valence-corrected chi connectivity index (χ3v) is 3.27. The molecule has 20 heavy (non-hydrogen) atoms. The molecule has 0 aliphatic rings. The zero-order valence-electron chi connectivity index (χ0n) is 12.0. The molecule has 2 amide bonds. The Kier molecular flexibility index (Phi) is 5.10. The Hall–Kier alpha value is -2.08. The van der Waals surface area contributed by atoms with Crippen molar-refractivity contribution < 1.29 is 14.3 Å². The van der Waals surface area contributed by atoms with Crippen LogP contribution in [0.3, 0.4) is 0 Å². The van der Waals surface area contributed by atoms with E-state index in [-0.39, 0.29) is 5.92 Å². The van der Waals surface area contributed by atoms with Crippen molar-refractivity contribution in [1.29, 1.82) is 0 Å². The van der Waals surface area contributed by atoms with Crippen LogP contribution in [0, 0.1) is 5.92 Å². The minimum Gasteiger partial charge on any atom is -0.497 e. The number of carbonyl (C=O) groups is 2. The van der Waals surface area contributed by atoms with Crippen LogP contribution >= 0.6 is 0 Å². The number of carbonyl (C=O) groups excluding carboxylic acids is 2. The quantitative estimate of drug-likeness (QED) is 0.644. The maximum Gasteiger partial charge on any atom is 0.258 e. The highest BCUT2D eigenvalue weighted by Crippen LogP contribution is 2.19. The van der Waals surface area contributed by atoms with Gasteiger partial charge in [-0.05, 0) is 24.1 Å². The molecule has 0 aliphatic heterocycles. The lowest BCUT2D eigenvalue weighted by molar-refractivity contribution is -0.132. The highest BCUT2D eigenvalue weighted by molar-refractivity contribution is 5.89. The topological polar surface area (TPSA) is 107 Å². The Labute approximate surface area is 118 Å². The van der Waals surface area contributed by atoms with Crippen molar-refractivity contribution in [3.05, 3.63) is 29.8 Å². The van der Waals surface area contributed by atoms with Gasteiger partial charge in [0.25, 0.3) is 5.91 Å². The summed E-state index contributed by atoms with van der Waals surface area (Å²) in [6.45, 7) is 3.07. The van der Waals surface area contributed by atoms with E-state index in [4.69, 9.17) is 16.2 Å². The van der Waals surface area contributed by atoms with E-state index in [1.165, 1.54) is 6.92 Å². The van der Waals surface area contributed by atoms with Gasteiger partial charge in [0.05, 0.1) is 7.11 Å². The summed E-state index contributed by atoms with van der Waals surface area (Å²) in [4.78, 5) is 22.7. The molecule has 6 nitrogen and oxygen atoms in total. The number of benzene rings is 1. The fourth-order valence-corrected chi connectivity index (χ4v) is 2.00. The maximum atomic E-state index is 11.6. The molecule has 0 saturated carbocycles. The first-order valence-electron chi connectivity index (χ1n) is 6.30. The number of ether oxygens (including phenoxy) is 1. The number of nitrogens with one attached hydrogen (secondary N) is 1. The molecule has 110 valence electrons. The first-order valence-corrected chi connectivity index (χ1v) is 6.30. The first-order chi connectivity index (χ1) is 9.29. The van der Waals surface area contributed by atoms with Crippen LogP contribution in [0.5, 0.6) is 5.75 Å². The Bertz CT molecular complexity index is 487. The SMILES string of the molecule is COc1ccc(CC(C)C(N)(NC(C)=O)C(N)=O)cc1. The highest BCUT2D eigenvalue weighted by atomic mass is 16.5. The second kappa shape index (κ2) is 6.38. The van der Waals surface area contributed by atoms with Crippen molar-refractivity contribution >= 4 is 11.8 Å². The zero-order valence-corrected chi connectivity index (χ0v) is 12.0. The van der Waals surface area contributed by atoms with Gasteiger partial charge in [-0.15, -0.1) is 0 Å². The molecule has 0 aliphatic carbocycles. The molecule has 0 fully saturated rings. The minimum atomic E-state index is -1.56. The first kappa shape index (κ1) is 16.0. The number of methoxy groups -OCH3 is 1. The van der Waals surface area contributed by atoms with Crippen molar-refractivity contribution in [2.24, 2.45) is 17.4 Å². The Morgan fingerprint density at radius 3 is 2.30 bits per heavy atom. The Balaban J connectivity index is 2.87. The van der Waals surface area contributed by atoms with Crippen LogP contribution in [0.15, 0.2) is 24.3 Å². The highest BCUT2D eigenvalue weighted by Gasteiger charge is 2.38. The minimum absolute atomic E-state index is 0.350. The number of hydrogen-bond donors (Lipinski definition) is 3. The van der Waals surface area contributed by atoms with E-state index in [0.29, 0.717) is 6.42 Å². The van der Waals surface area contributed by atoms with E-state index in [1.807, 2.05) is 24.3 Å². The van der Waals surface area contributed by atoms with E-state index >= 15 is 0 Å². The molecule has 1 rings (SSSR count). The number of hydrogen-bond acceptors (Lipinski definition) is 4. The average Bonchev–Trinajstić information content (AvgIpc) is 2.38. The fraction of sp³-hybridized carbons (Fsp3) is 0.429. The summed E-state index contributed by atoms with van der Waals surface area (Å²) in [5.74, 6) is -0.754. The lowest BCUT2D eigenvalue weighted by Gasteiger charge is -2.33. The third-order valence-electron chi connectivity index (χ3n) is 3.27. The number of rotatable bonds is 6. The molecule has 0 spiro atoms. The van der Waals surface area contributed by atoms with Gasteiger partial charge in [-0.3, -0.25) is 9.59 Å². The summed E-state index contributed by atoms with van der Waals surface area (Å²) in [6, 6.07) is 7.40. The third kappa shape index (κ3) is 3.71. The van der Waals surface area contributed by atoms with Crippen LogP contribution in [-0.4, -0.2) is 24.6 Å². The molecule has 6 heteroatoms. The number of nitrogens with two attached hydrogens (primary N) is 2. The number of amides is 2. The van der Waals surface area contributed by atoms with Crippen molar-refractivity contribution in [2.75, 3.05) is 7.11 Å². The summed E-state index contributed by atoms with van der Waals surface area (Å²) in [5.41, 5.74) is 10.7. The average molecular weight is 279 g/mol. The van der Waals surface area contributed by atoms with Gasteiger partial charge in [0.1, 0.15) is 5.75 Å². The van der Waals surface area contributed by atoms with Gasteiger partial charge in [0.2, 0.25) is 5.91 Å². The standard InChI is InChI=1S/C14H21N3O3/c1-9(14(16,13(15)19)17-10(2)18)8-11-4-6-12(20-3)7-5-11/h4-7,9H,8,16H2,1-3H3,(H2,15,19)(H,17,18). The Morgan fingerprint density at radius 2 is 1.90 bits per heavy atom. The van der Waals surface area contributed by atoms with Crippen LogP contribution in [0.4, 0.5) is 0 Å². The maximum absolute atomic E-state index is 11.6. The summed E-state index contributed by atoms with van der Waals surface area (Å²) < 4.78 is 5.08. The lowest BCUT2D eigenvalue weighted by Crippen LogP contribution is -2.67. The molecule has 0 saturated heterocycles. The van der Waals surface area contributed by atoms with Gasteiger partial charge in [-0.25, -0.2) is 0 Å². The van der Waals surface area contributed by atoms with Crippen molar-refractivity contribution in [3.8, 4) is 5.75 Å². The molecule has 0 bridgehead atoms. The van der Waals surface area contributed by atoms with Crippen LogP contribution < -0.4 is 21.5 Å². The van der Waals surface area contributed by atoms with Gasteiger partial charge in [0, 0.05) is 12.8 Å². The van der Waals surface area contributed by atoms with Gasteiger partial charge < -0.3 is 21.5 Å². The summed E-state index contributed by atoms with van der Waals surface area (Å²) in [5, 5.41) is 2.44. The Morgan fingerprint density at radius 1 is 1.35 bits per heavy atom. The zero-order chi connectivity index (χ0) is 15.3. The van der Waals surface area contributed by atoms with Gasteiger partial charge in [-0.2, -0.15) is 0 Å². The smallest absolute Gasteiger partial charge is 0.258 e. The van der Waals surface area contributed by atoms with Crippen molar-refractivity contribution in [2.45, 2.75) is 25.9 Å². The predicted octanol–water partition coefficient (Wildman–Crippen LogP) is 0.150. The molecule has 0 aromatic heterocycles. The van der Waals surface area contributed by atoms with Crippen molar-refractivity contribution in [1.82, 2.24) is 5.32 Å². The van der Waals surface area contributed by atoms with Crippen LogP contribution in [0.2, 0.25) is 0 Å². The van der Waals surface area contributed by atoms with E-state index < -0.39 is 17.5 Å². The van der Waals surface area contributed by atoms with Crippen LogP contribution in [0.25, 0.3) is 0 Å². The van der Waals surface area contributed by atoms with E-state index in [2.05, 4.69) is 5.32 Å². The van der Waals surface area contributed by atoms with Crippen LogP contribution in [-0.2, 0) is 16.0 Å². The lowest BCUT2D eigenvalue weighted by atomic mass is 9.88. The second-order valence-corrected chi connectivity index (χ2v) is 4.87. The molecule has 1 aromatic carbocycles. The monoisotopic (exact) mass is 279 g/mol.